The normalized spacial score (nSPS) is 17.0. The number of hydrogen-bond donors (Lipinski definition) is 0. The second-order valence-corrected chi connectivity index (χ2v) is 6.79. The monoisotopic (exact) mass is 368 g/mol. The molecule has 1 aromatic carbocycles. The molecule has 3 aromatic rings. The lowest BCUT2D eigenvalue weighted by Gasteiger charge is -2.17. The molecule has 1 aliphatic rings. The molecular weight excluding hydrogens is 347 g/mol. The number of hydrogen-bond acceptors (Lipinski definition) is 3. The number of amides is 1. The molecule has 1 saturated heterocycles. The fourth-order valence-corrected chi connectivity index (χ4v) is 3.84. The Morgan fingerprint density at radius 1 is 1.26 bits per heavy atom. The Kier molecular flexibility index (Phi) is 4.51. The number of pyridine rings is 1. The van der Waals surface area contributed by atoms with Gasteiger partial charge in [-0.3, -0.25) is 13.9 Å². The third kappa shape index (κ3) is 3.03. The number of rotatable bonds is 4. The van der Waals surface area contributed by atoms with Gasteiger partial charge in [-0.05, 0) is 37.1 Å². The predicted octanol–water partition coefficient (Wildman–Crippen LogP) is 2.37. The SMILES string of the molecule is CCn1c(=O)n([C@@H]2CCN(C(=O)Cc3ccccc3F)C2)c2ncccc21. The highest BCUT2D eigenvalue weighted by Gasteiger charge is 2.30. The Labute approximate surface area is 155 Å². The Hall–Kier alpha value is -2.96. The van der Waals surface area contributed by atoms with Gasteiger partial charge in [0.05, 0.1) is 18.0 Å². The Morgan fingerprint density at radius 2 is 2.07 bits per heavy atom. The molecule has 3 heterocycles. The van der Waals surface area contributed by atoms with Crippen molar-refractivity contribution in [1.82, 2.24) is 19.0 Å². The summed E-state index contributed by atoms with van der Waals surface area (Å²) >= 11 is 0. The van der Waals surface area contributed by atoms with Crippen molar-refractivity contribution in [1.29, 1.82) is 0 Å². The molecule has 0 aliphatic carbocycles. The van der Waals surface area contributed by atoms with E-state index < -0.39 is 0 Å². The third-order valence-corrected chi connectivity index (χ3v) is 5.22. The zero-order chi connectivity index (χ0) is 19.0. The summed E-state index contributed by atoms with van der Waals surface area (Å²) in [7, 11) is 0. The van der Waals surface area contributed by atoms with Crippen molar-refractivity contribution in [2.75, 3.05) is 13.1 Å². The summed E-state index contributed by atoms with van der Waals surface area (Å²) in [6.07, 6.45) is 2.39. The number of likely N-dealkylation sites (tertiary alicyclic amines) is 1. The number of benzene rings is 1. The first-order valence-electron chi connectivity index (χ1n) is 9.17. The lowest BCUT2D eigenvalue weighted by molar-refractivity contribution is -0.129. The average Bonchev–Trinajstić information content (AvgIpc) is 3.25. The summed E-state index contributed by atoms with van der Waals surface area (Å²) < 4.78 is 17.2. The molecule has 1 atom stereocenters. The molecule has 1 aliphatic heterocycles. The Bertz CT molecular complexity index is 1060. The van der Waals surface area contributed by atoms with Crippen LogP contribution in [0, 0.1) is 5.82 Å². The minimum atomic E-state index is -0.368. The van der Waals surface area contributed by atoms with Crippen molar-refractivity contribution in [2.45, 2.75) is 32.4 Å². The van der Waals surface area contributed by atoms with Crippen LogP contribution in [0.3, 0.4) is 0 Å². The van der Waals surface area contributed by atoms with Gasteiger partial charge in [0.25, 0.3) is 0 Å². The molecule has 0 saturated carbocycles. The van der Waals surface area contributed by atoms with Crippen LogP contribution in [0.5, 0.6) is 0 Å². The molecule has 0 bridgehead atoms. The highest BCUT2D eigenvalue weighted by Crippen LogP contribution is 2.25. The van der Waals surface area contributed by atoms with Crippen molar-refractivity contribution in [3.05, 3.63) is 64.5 Å². The fourth-order valence-electron chi connectivity index (χ4n) is 3.84. The van der Waals surface area contributed by atoms with Gasteiger partial charge in [0, 0.05) is 25.8 Å². The highest BCUT2D eigenvalue weighted by atomic mass is 19.1. The summed E-state index contributed by atoms with van der Waals surface area (Å²) in [6, 6.07) is 9.91. The smallest absolute Gasteiger partial charge is 0.330 e. The molecule has 0 unspecified atom stereocenters. The van der Waals surface area contributed by atoms with Crippen LogP contribution in [0.4, 0.5) is 4.39 Å². The molecule has 2 aromatic heterocycles. The van der Waals surface area contributed by atoms with E-state index in [1.54, 1.807) is 38.4 Å². The van der Waals surface area contributed by atoms with Crippen LogP contribution in [-0.4, -0.2) is 38.0 Å². The van der Waals surface area contributed by atoms with Crippen molar-refractivity contribution in [2.24, 2.45) is 0 Å². The molecule has 1 amide bonds. The summed E-state index contributed by atoms with van der Waals surface area (Å²) in [6.45, 7) is 3.48. The second-order valence-electron chi connectivity index (χ2n) is 6.79. The van der Waals surface area contributed by atoms with Crippen LogP contribution in [0.1, 0.15) is 24.9 Å². The van der Waals surface area contributed by atoms with Gasteiger partial charge in [-0.1, -0.05) is 18.2 Å². The highest BCUT2D eigenvalue weighted by molar-refractivity contribution is 5.79. The molecule has 1 fully saturated rings. The Morgan fingerprint density at radius 3 is 2.85 bits per heavy atom. The molecule has 140 valence electrons. The van der Waals surface area contributed by atoms with Crippen LogP contribution >= 0.6 is 0 Å². The summed E-state index contributed by atoms with van der Waals surface area (Å²) in [4.78, 5) is 31.6. The quantitative estimate of drug-likeness (QED) is 0.710. The van der Waals surface area contributed by atoms with Gasteiger partial charge >= 0.3 is 5.69 Å². The van der Waals surface area contributed by atoms with Crippen molar-refractivity contribution in [3.8, 4) is 0 Å². The molecule has 7 heteroatoms. The molecule has 0 spiro atoms. The lowest BCUT2D eigenvalue weighted by Crippen LogP contribution is -2.33. The van der Waals surface area contributed by atoms with E-state index in [4.69, 9.17) is 0 Å². The average molecular weight is 368 g/mol. The maximum absolute atomic E-state index is 13.8. The number of aromatic nitrogens is 3. The van der Waals surface area contributed by atoms with Gasteiger partial charge in [0.1, 0.15) is 5.82 Å². The van der Waals surface area contributed by atoms with E-state index in [2.05, 4.69) is 4.98 Å². The van der Waals surface area contributed by atoms with Gasteiger partial charge < -0.3 is 4.90 Å². The van der Waals surface area contributed by atoms with Gasteiger partial charge in [-0.25, -0.2) is 14.2 Å². The van der Waals surface area contributed by atoms with Crippen LogP contribution in [0.2, 0.25) is 0 Å². The zero-order valence-corrected chi connectivity index (χ0v) is 15.1. The third-order valence-electron chi connectivity index (χ3n) is 5.22. The topological polar surface area (TPSA) is 60.1 Å². The van der Waals surface area contributed by atoms with Crippen LogP contribution in [0.15, 0.2) is 47.4 Å². The first kappa shape index (κ1) is 17.5. The van der Waals surface area contributed by atoms with E-state index >= 15 is 0 Å². The molecule has 6 nitrogen and oxygen atoms in total. The standard InChI is InChI=1S/C20H21FN4O2/c1-2-24-17-8-5-10-22-19(17)25(20(24)27)15-9-11-23(13-15)18(26)12-14-6-3-4-7-16(14)21/h3-8,10,15H,2,9,11-13H2,1H3/t15-/m1/s1. The van der Waals surface area contributed by atoms with E-state index in [-0.39, 0.29) is 29.9 Å². The zero-order valence-electron chi connectivity index (χ0n) is 15.1. The minimum Gasteiger partial charge on any atom is -0.340 e. The predicted molar refractivity (Wildman–Crippen MR) is 100 cm³/mol. The number of aryl methyl sites for hydroxylation is 1. The van der Waals surface area contributed by atoms with Gasteiger partial charge in [-0.15, -0.1) is 0 Å². The second kappa shape index (κ2) is 6.98. The first-order chi connectivity index (χ1) is 13.1. The number of imidazole rings is 1. The molecular formula is C20H21FN4O2. The maximum Gasteiger partial charge on any atom is 0.330 e. The van der Waals surface area contributed by atoms with E-state index in [9.17, 15) is 14.0 Å². The van der Waals surface area contributed by atoms with E-state index in [1.165, 1.54) is 6.07 Å². The molecule has 0 N–H and O–H groups in total. The summed E-state index contributed by atoms with van der Waals surface area (Å²) in [5, 5.41) is 0. The van der Waals surface area contributed by atoms with Gasteiger partial charge in [-0.2, -0.15) is 0 Å². The van der Waals surface area contributed by atoms with Crippen molar-refractivity contribution in [3.63, 3.8) is 0 Å². The lowest BCUT2D eigenvalue weighted by atomic mass is 10.1. The van der Waals surface area contributed by atoms with Crippen molar-refractivity contribution < 1.29 is 9.18 Å². The molecule has 0 radical (unpaired) electrons. The van der Waals surface area contributed by atoms with E-state index in [0.29, 0.717) is 37.3 Å². The number of carbonyl (C=O) groups excluding carboxylic acids is 1. The van der Waals surface area contributed by atoms with Crippen LogP contribution in [0.25, 0.3) is 11.2 Å². The van der Waals surface area contributed by atoms with E-state index in [1.807, 2.05) is 19.1 Å². The molecule has 4 rings (SSSR count). The van der Waals surface area contributed by atoms with Crippen LogP contribution in [-0.2, 0) is 17.8 Å². The number of nitrogens with zero attached hydrogens (tertiary/aromatic N) is 4. The maximum atomic E-state index is 13.8. The fraction of sp³-hybridized carbons (Fsp3) is 0.350. The van der Waals surface area contributed by atoms with Crippen LogP contribution < -0.4 is 5.69 Å². The summed E-state index contributed by atoms with van der Waals surface area (Å²) in [5.41, 5.74) is 1.76. The minimum absolute atomic E-state index is 0.0310. The number of carbonyl (C=O) groups is 1. The molecule has 27 heavy (non-hydrogen) atoms. The van der Waals surface area contributed by atoms with Gasteiger partial charge in [0.2, 0.25) is 5.91 Å². The largest absolute Gasteiger partial charge is 0.340 e. The number of fused-ring (bicyclic) bond motifs is 1. The summed E-state index contributed by atoms with van der Waals surface area (Å²) in [5.74, 6) is -0.490. The first-order valence-corrected chi connectivity index (χ1v) is 9.17. The van der Waals surface area contributed by atoms with Crippen molar-refractivity contribution >= 4 is 17.1 Å². The van der Waals surface area contributed by atoms with E-state index in [0.717, 1.165) is 5.52 Å². The number of halogens is 1. The Balaban J connectivity index is 1.58. The van der Waals surface area contributed by atoms with Gasteiger partial charge in [0.15, 0.2) is 5.65 Å².